The first kappa shape index (κ1) is 16.7. The molecule has 2 unspecified atom stereocenters. The number of rotatable bonds is 5. The molecule has 0 radical (unpaired) electrons. The number of aromatic nitrogens is 1. The zero-order valence-corrected chi connectivity index (χ0v) is 14.1. The number of hydrogen-bond donors (Lipinski definition) is 1. The lowest BCUT2D eigenvalue weighted by Gasteiger charge is -2.35. The lowest BCUT2D eigenvalue weighted by Crippen LogP contribution is -2.53. The van der Waals surface area contributed by atoms with Gasteiger partial charge in [0, 0.05) is 31.0 Å². The minimum absolute atomic E-state index is 0.403. The average Bonchev–Trinajstić information content (AvgIpc) is 2.62. The Hall–Kier alpha value is -0.680. The molecule has 21 heavy (non-hydrogen) atoms. The highest BCUT2D eigenvalue weighted by Gasteiger charge is 2.28. The maximum Gasteiger partial charge on any atom is 0.0621 e. The third-order valence-corrected chi connectivity index (χ3v) is 4.68. The van der Waals surface area contributed by atoms with Crippen LogP contribution < -0.4 is 5.32 Å². The van der Waals surface area contributed by atoms with Crippen LogP contribution in [-0.2, 0) is 6.42 Å². The first-order valence-corrected chi connectivity index (χ1v) is 8.20. The molecule has 1 aliphatic rings. The molecule has 4 nitrogen and oxygen atoms in total. The van der Waals surface area contributed by atoms with Gasteiger partial charge in [0.1, 0.15) is 0 Å². The Morgan fingerprint density at radius 1 is 1.43 bits per heavy atom. The molecule has 0 saturated carbocycles. The van der Waals surface area contributed by atoms with Crippen LogP contribution in [0, 0.1) is 0 Å². The molecule has 5 heteroatoms. The van der Waals surface area contributed by atoms with Gasteiger partial charge in [-0.05, 0) is 58.2 Å². The van der Waals surface area contributed by atoms with Crippen LogP contribution in [0.3, 0.4) is 0 Å². The van der Waals surface area contributed by atoms with Crippen LogP contribution in [-0.4, -0.2) is 67.1 Å². The monoisotopic (exact) mass is 310 g/mol. The molecule has 1 N–H and O–H groups in total. The summed E-state index contributed by atoms with van der Waals surface area (Å²) >= 11 is 6.29. The fourth-order valence-electron chi connectivity index (χ4n) is 3.15. The minimum Gasteiger partial charge on any atom is -0.312 e. The summed E-state index contributed by atoms with van der Waals surface area (Å²) in [5, 5.41) is 4.43. The van der Waals surface area contributed by atoms with E-state index in [2.05, 4.69) is 41.1 Å². The van der Waals surface area contributed by atoms with Crippen molar-refractivity contribution >= 4 is 11.6 Å². The topological polar surface area (TPSA) is 31.4 Å². The van der Waals surface area contributed by atoms with Gasteiger partial charge < -0.3 is 15.1 Å². The van der Waals surface area contributed by atoms with E-state index < -0.39 is 0 Å². The van der Waals surface area contributed by atoms with E-state index in [-0.39, 0.29) is 0 Å². The number of hydrogen-bond acceptors (Lipinski definition) is 4. The van der Waals surface area contributed by atoms with Crippen molar-refractivity contribution in [1.82, 2.24) is 20.1 Å². The zero-order chi connectivity index (χ0) is 15.2. The van der Waals surface area contributed by atoms with Gasteiger partial charge in [-0.15, -0.1) is 0 Å². The Kier molecular flexibility index (Phi) is 6.42. The highest BCUT2D eigenvalue weighted by atomic mass is 35.5. The van der Waals surface area contributed by atoms with Gasteiger partial charge >= 0.3 is 0 Å². The van der Waals surface area contributed by atoms with Gasteiger partial charge in [-0.1, -0.05) is 18.5 Å². The maximum atomic E-state index is 6.29. The van der Waals surface area contributed by atoms with E-state index in [4.69, 9.17) is 11.6 Å². The molecule has 1 fully saturated rings. The van der Waals surface area contributed by atoms with Crippen molar-refractivity contribution in [1.29, 1.82) is 0 Å². The molecule has 1 aromatic rings. The summed E-state index contributed by atoms with van der Waals surface area (Å²) in [6, 6.07) is 2.94. The van der Waals surface area contributed by atoms with Crippen molar-refractivity contribution in [2.45, 2.75) is 31.8 Å². The Morgan fingerprint density at radius 2 is 2.24 bits per heavy atom. The van der Waals surface area contributed by atoms with E-state index in [9.17, 15) is 0 Å². The van der Waals surface area contributed by atoms with Crippen LogP contribution >= 0.6 is 11.6 Å². The summed E-state index contributed by atoms with van der Waals surface area (Å²) in [6.07, 6.45) is 5.74. The van der Waals surface area contributed by atoms with Gasteiger partial charge in [0.05, 0.1) is 5.02 Å². The van der Waals surface area contributed by atoms with Crippen LogP contribution in [0.1, 0.15) is 18.9 Å². The lowest BCUT2D eigenvalue weighted by molar-refractivity contribution is 0.178. The van der Waals surface area contributed by atoms with Crippen molar-refractivity contribution in [3.8, 4) is 0 Å². The molecule has 0 aromatic carbocycles. The fourth-order valence-corrected chi connectivity index (χ4v) is 3.35. The maximum absolute atomic E-state index is 6.29. The number of nitrogens with one attached hydrogen (secondary N) is 1. The molecule has 1 saturated heterocycles. The molecule has 0 aliphatic carbocycles. The molecule has 1 aliphatic heterocycles. The van der Waals surface area contributed by atoms with Crippen molar-refractivity contribution in [2.24, 2.45) is 0 Å². The van der Waals surface area contributed by atoms with Gasteiger partial charge in [0.25, 0.3) is 0 Å². The van der Waals surface area contributed by atoms with E-state index in [0.29, 0.717) is 12.1 Å². The predicted molar refractivity (Wildman–Crippen MR) is 88.9 cm³/mol. The van der Waals surface area contributed by atoms with E-state index in [1.807, 2.05) is 12.3 Å². The van der Waals surface area contributed by atoms with Gasteiger partial charge in [0.15, 0.2) is 0 Å². The fraction of sp³-hybridized carbons (Fsp3) is 0.688. The molecule has 0 amide bonds. The first-order chi connectivity index (χ1) is 10.1. The van der Waals surface area contributed by atoms with Gasteiger partial charge in [-0.2, -0.15) is 0 Å². The second-order valence-corrected chi connectivity index (χ2v) is 6.41. The zero-order valence-electron chi connectivity index (χ0n) is 13.3. The molecule has 118 valence electrons. The van der Waals surface area contributed by atoms with Gasteiger partial charge in [0.2, 0.25) is 0 Å². The SMILES string of the molecule is CCNC(Cc1ccncc1Cl)C1CN(C)CCCN1C. The second kappa shape index (κ2) is 8.08. The standard InChI is InChI=1S/C16H27ClN4/c1-4-19-15(10-13-6-7-18-11-14(13)17)16-12-20(2)8-5-9-21(16)3/h6-7,11,15-16,19H,4-5,8-10,12H2,1-3H3. The number of nitrogens with zero attached hydrogens (tertiary/aromatic N) is 3. The van der Waals surface area contributed by atoms with Crippen molar-refractivity contribution in [2.75, 3.05) is 40.3 Å². The van der Waals surface area contributed by atoms with E-state index in [0.717, 1.165) is 31.1 Å². The highest BCUT2D eigenvalue weighted by molar-refractivity contribution is 6.31. The van der Waals surface area contributed by atoms with Crippen LogP contribution in [0.15, 0.2) is 18.5 Å². The van der Waals surface area contributed by atoms with Crippen molar-refractivity contribution in [3.63, 3.8) is 0 Å². The highest BCUT2D eigenvalue weighted by Crippen LogP contribution is 2.19. The van der Waals surface area contributed by atoms with E-state index in [1.165, 1.54) is 18.5 Å². The van der Waals surface area contributed by atoms with E-state index in [1.54, 1.807) is 6.20 Å². The van der Waals surface area contributed by atoms with Crippen LogP contribution in [0.2, 0.25) is 5.02 Å². The summed E-state index contributed by atoms with van der Waals surface area (Å²) in [5.74, 6) is 0. The number of halogens is 1. The molecular formula is C16H27ClN4. The van der Waals surface area contributed by atoms with Crippen LogP contribution in [0.25, 0.3) is 0 Å². The summed E-state index contributed by atoms with van der Waals surface area (Å²) in [6.45, 7) is 6.57. The van der Waals surface area contributed by atoms with Crippen molar-refractivity contribution in [3.05, 3.63) is 29.0 Å². The van der Waals surface area contributed by atoms with Crippen LogP contribution in [0.4, 0.5) is 0 Å². The molecule has 1 aromatic heterocycles. The molecule has 2 rings (SSSR count). The Labute approximate surface area is 133 Å². The minimum atomic E-state index is 0.403. The molecule has 0 bridgehead atoms. The Balaban J connectivity index is 2.14. The summed E-state index contributed by atoms with van der Waals surface area (Å²) in [7, 11) is 4.46. The number of likely N-dealkylation sites (N-methyl/N-ethyl adjacent to an activating group) is 3. The summed E-state index contributed by atoms with van der Waals surface area (Å²) < 4.78 is 0. The summed E-state index contributed by atoms with van der Waals surface area (Å²) in [5.41, 5.74) is 1.18. The van der Waals surface area contributed by atoms with E-state index >= 15 is 0 Å². The normalized spacial score (nSPS) is 23.0. The predicted octanol–water partition coefficient (Wildman–Crippen LogP) is 1.89. The largest absolute Gasteiger partial charge is 0.312 e. The average molecular weight is 311 g/mol. The summed E-state index contributed by atoms with van der Waals surface area (Å²) in [4.78, 5) is 9.01. The first-order valence-electron chi connectivity index (χ1n) is 7.82. The molecule has 2 atom stereocenters. The quantitative estimate of drug-likeness (QED) is 0.900. The van der Waals surface area contributed by atoms with Crippen LogP contribution in [0.5, 0.6) is 0 Å². The number of pyridine rings is 1. The van der Waals surface area contributed by atoms with Gasteiger partial charge in [-0.25, -0.2) is 0 Å². The Morgan fingerprint density at radius 3 is 2.95 bits per heavy atom. The smallest absolute Gasteiger partial charge is 0.0621 e. The van der Waals surface area contributed by atoms with Crippen molar-refractivity contribution < 1.29 is 0 Å². The molecular weight excluding hydrogens is 284 g/mol. The molecule has 2 heterocycles. The third kappa shape index (κ3) is 4.65. The van der Waals surface area contributed by atoms with Gasteiger partial charge in [-0.3, -0.25) is 4.98 Å². The third-order valence-electron chi connectivity index (χ3n) is 4.34. The second-order valence-electron chi connectivity index (χ2n) is 6.00. The Bertz CT molecular complexity index is 440. The lowest BCUT2D eigenvalue weighted by atomic mass is 9.98. The molecule has 0 spiro atoms.